The van der Waals surface area contributed by atoms with E-state index in [-0.39, 0.29) is 12.5 Å². The molecule has 0 radical (unpaired) electrons. The van der Waals surface area contributed by atoms with E-state index < -0.39 is 5.97 Å². The first-order valence-corrected chi connectivity index (χ1v) is 9.41. The number of nitrogens with one attached hydrogen (secondary N) is 1. The average Bonchev–Trinajstić information content (AvgIpc) is 3.16. The molecule has 26 heavy (non-hydrogen) atoms. The van der Waals surface area contributed by atoms with Crippen LogP contribution in [0.5, 0.6) is 11.5 Å². The van der Waals surface area contributed by atoms with Crippen molar-refractivity contribution in [2.45, 2.75) is 20.3 Å². The number of benzene rings is 1. The number of amides is 1. The van der Waals surface area contributed by atoms with Gasteiger partial charge in [0.1, 0.15) is 11.5 Å². The Morgan fingerprint density at radius 2 is 1.77 bits per heavy atom. The molecule has 0 aliphatic rings. The normalized spacial score (nSPS) is 10.2. The minimum atomic E-state index is -0.447. The van der Waals surface area contributed by atoms with Gasteiger partial charge in [0.15, 0.2) is 0 Å². The largest absolute Gasteiger partial charge is 0.494 e. The average molecular weight is 377 g/mol. The Balaban J connectivity index is 1.80. The van der Waals surface area contributed by atoms with Crippen LogP contribution in [0.15, 0.2) is 35.7 Å². The Morgan fingerprint density at radius 3 is 2.35 bits per heavy atom. The molecule has 1 N–H and O–H groups in total. The molecule has 1 amide bonds. The third-order valence-electron chi connectivity index (χ3n) is 3.32. The van der Waals surface area contributed by atoms with Crippen LogP contribution in [0.25, 0.3) is 0 Å². The second-order valence-corrected chi connectivity index (χ2v) is 6.23. The number of hydrogen-bond acceptors (Lipinski definition) is 6. The molecule has 7 heteroatoms. The molecule has 0 aliphatic carbocycles. The van der Waals surface area contributed by atoms with Gasteiger partial charge in [-0.2, -0.15) is 0 Å². The van der Waals surface area contributed by atoms with Gasteiger partial charge in [0.2, 0.25) is 0 Å². The highest BCUT2D eigenvalue weighted by Crippen LogP contribution is 2.23. The fraction of sp³-hybridized carbons (Fsp3) is 0.368. The van der Waals surface area contributed by atoms with Gasteiger partial charge in [-0.1, -0.05) is 6.07 Å². The predicted molar refractivity (Wildman–Crippen MR) is 100 cm³/mol. The molecule has 6 nitrogen and oxygen atoms in total. The maximum atomic E-state index is 12.2. The Labute approximate surface area is 157 Å². The summed E-state index contributed by atoms with van der Waals surface area (Å²) in [5.74, 6) is 0.566. The van der Waals surface area contributed by atoms with Crippen molar-refractivity contribution in [1.29, 1.82) is 0 Å². The van der Waals surface area contributed by atoms with E-state index in [1.54, 1.807) is 24.3 Å². The Kier molecular flexibility index (Phi) is 7.95. The van der Waals surface area contributed by atoms with Gasteiger partial charge in [-0.15, -0.1) is 11.3 Å². The van der Waals surface area contributed by atoms with E-state index >= 15 is 0 Å². The fourth-order valence-electron chi connectivity index (χ4n) is 2.21. The van der Waals surface area contributed by atoms with Gasteiger partial charge in [0.05, 0.1) is 30.3 Å². The number of hydrogen-bond donors (Lipinski definition) is 1. The highest BCUT2D eigenvalue weighted by Gasteiger charge is 2.12. The van der Waals surface area contributed by atoms with Gasteiger partial charge in [0, 0.05) is 12.6 Å². The molecule has 1 aromatic heterocycles. The maximum absolute atomic E-state index is 12.2. The quantitative estimate of drug-likeness (QED) is 0.506. The number of thiophene rings is 1. The summed E-state index contributed by atoms with van der Waals surface area (Å²) in [6.45, 7) is 5.38. The lowest BCUT2D eigenvalue weighted by molar-refractivity contribution is 0.0500. The molecule has 1 heterocycles. The Bertz CT molecular complexity index is 690. The van der Waals surface area contributed by atoms with E-state index in [9.17, 15) is 9.59 Å². The van der Waals surface area contributed by atoms with Gasteiger partial charge in [0.25, 0.3) is 5.91 Å². The molecule has 1 aromatic carbocycles. The van der Waals surface area contributed by atoms with Crippen LogP contribution in [0.3, 0.4) is 0 Å². The molecule has 2 rings (SSSR count). The first-order valence-electron chi connectivity index (χ1n) is 8.53. The van der Waals surface area contributed by atoms with Gasteiger partial charge in [-0.05, 0) is 43.8 Å². The molecule has 0 unspecified atom stereocenters. The van der Waals surface area contributed by atoms with E-state index in [2.05, 4.69) is 5.32 Å². The zero-order valence-corrected chi connectivity index (χ0v) is 15.8. The lowest BCUT2D eigenvalue weighted by atomic mass is 10.2. The summed E-state index contributed by atoms with van der Waals surface area (Å²) in [5.41, 5.74) is 0.377. The van der Waals surface area contributed by atoms with Gasteiger partial charge >= 0.3 is 5.97 Å². The first kappa shape index (κ1) is 19.8. The first-order chi connectivity index (χ1) is 12.6. The molecular weight excluding hydrogens is 354 g/mol. The van der Waals surface area contributed by atoms with Crippen LogP contribution in [0.1, 0.15) is 40.3 Å². The summed E-state index contributed by atoms with van der Waals surface area (Å²) in [7, 11) is 0. The molecule has 0 spiro atoms. The molecule has 140 valence electrons. The van der Waals surface area contributed by atoms with Crippen LogP contribution in [0, 0.1) is 0 Å². The lowest BCUT2D eigenvalue weighted by Crippen LogP contribution is -2.24. The standard InChI is InChI=1S/C19H23NO5S/c1-3-23-15-11-14(12-16(13-15)24-4-2)19(22)25-9-6-8-20-18(21)17-7-5-10-26-17/h5,7,10-13H,3-4,6,8-9H2,1-2H3,(H,20,21). The predicted octanol–water partition coefficient (Wildman–Crippen LogP) is 3.52. The Hall–Kier alpha value is -2.54. The number of carbonyl (C=O) groups is 2. The third kappa shape index (κ3) is 6.07. The molecule has 0 aliphatic heterocycles. The van der Waals surface area contributed by atoms with Crippen molar-refractivity contribution >= 4 is 23.2 Å². The molecule has 0 saturated heterocycles. The third-order valence-corrected chi connectivity index (χ3v) is 4.19. The highest BCUT2D eigenvalue weighted by molar-refractivity contribution is 7.12. The van der Waals surface area contributed by atoms with Crippen LogP contribution in [-0.2, 0) is 4.74 Å². The number of rotatable bonds is 10. The zero-order chi connectivity index (χ0) is 18.8. The van der Waals surface area contributed by atoms with Crippen molar-refractivity contribution in [3.05, 3.63) is 46.2 Å². The second kappa shape index (κ2) is 10.5. The van der Waals surface area contributed by atoms with Gasteiger partial charge in [-0.25, -0.2) is 4.79 Å². The number of carbonyl (C=O) groups excluding carboxylic acids is 2. The lowest BCUT2D eigenvalue weighted by Gasteiger charge is -2.11. The SMILES string of the molecule is CCOc1cc(OCC)cc(C(=O)OCCCNC(=O)c2cccs2)c1. The molecule has 0 fully saturated rings. The van der Waals surface area contributed by atoms with Crippen LogP contribution >= 0.6 is 11.3 Å². The Morgan fingerprint density at radius 1 is 1.08 bits per heavy atom. The van der Waals surface area contributed by atoms with Crippen molar-refractivity contribution in [3.63, 3.8) is 0 Å². The van der Waals surface area contributed by atoms with E-state index in [1.165, 1.54) is 11.3 Å². The van der Waals surface area contributed by atoms with Crippen molar-refractivity contribution in [2.75, 3.05) is 26.4 Å². The van der Waals surface area contributed by atoms with Gasteiger partial charge in [-0.3, -0.25) is 4.79 Å². The summed E-state index contributed by atoms with van der Waals surface area (Å²) in [4.78, 5) is 24.7. The fourth-order valence-corrected chi connectivity index (χ4v) is 2.85. The molecule has 2 aromatic rings. The maximum Gasteiger partial charge on any atom is 0.338 e. The molecule has 0 bridgehead atoms. The highest BCUT2D eigenvalue weighted by atomic mass is 32.1. The van der Waals surface area contributed by atoms with E-state index in [4.69, 9.17) is 14.2 Å². The van der Waals surface area contributed by atoms with E-state index in [0.717, 1.165) is 0 Å². The summed E-state index contributed by atoms with van der Waals surface area (Å²) in [6.07, 6.45) is 0.534. The van der Waals surface area contributed by atoms with Crippen molar-refractivity contribution in [3.8, 4) is 11.5 Å². The van der Waals surface area contributed by atoms with Crippen LogP contribution in [0.4, 0.5) is 0 Å². The van der Waals surface area contributed by atoms with Crippen LogP contribution in [0.2, 0.25) is 0 Å². The summed E-state index contributed by atoms with van der Waals surface area (Å²) < 4.78 is 16.2. The molecule has 0 saturated carbocycles. The minimum absolute atomic E-state index is 0.114. The van der Waals surface area contributed by atoms with Crippen molar-refractivity contribution in [2.24, 2.45) is 0 Å². The zero-order valence-electron chi connectivity index (χ0n) is 14.9. The van der Waals surface area contributed by atoms with Crippen molar-refractivity contribution in [1.82, 2.24) is 5.32 Å². The summed E-state index contributed by atoms with van der Waals surface area (Å²) in [5, 5.41) is 4.64. The van der Waals surface area contributed by atoms with Crippen LogP contribution < -0.4 is 14.8 Å². The number of ether oxygens (including phenoxy) is 3. The molecular formula is C19H23NO5S. The monoisotopic (exact) mass is 377 g/mol. The second-order valence-electron chi connectivity index (χ2n) is 5.28. The summed E-state index contributed by atoms with van der Waals surface area (Å²) in [6, 6.07) is 8.60. The van der Waals surface area contributed by atoms with Crippen LogP contribution in [-0.4, -0.2) is 38.2 Å². The topological polar surface area (TPSA) is 73.9 Å². The van der Waals surface area contributed by atoms with E-state index in [0.29, 0.717) is 48.1 Å². The van der Waals surface area contributed by atoms with Gasteiger partial charge < -0.3 is 19.5 Å². The number of esters is 1. The van der Waals surface area contributed by atoms with Crippen molar-refractivity contribution < 1.29 is 23.8 Å². The molecule has 0 atom stereocenters. The summed E-state index contributed by atoms with van der Waals surface area (Å²) >= 11 is 1.39. The smallest absolute Gasteiger partial charge is 0.338 e. The minimum Gasteiger partial charge on any atom is -0.494 e. The van der Waals surface area contributed by atoms with E-state index in [1.807, 2.05) is 25.3 Å².